The maximum Gasteiger partial charge on any atom is 0.514 e. The van der Waals surface area contributed by atoms with Crippen molar-refractivity contribution >= 4 is 35.0 Å². The Morgan fingerprint density at radius 2 is 1.89 bits per heavy atom. The number of ether oxygens (including phenoxy) is 2. The summed E-state index contributed by atoms with van der Waals surface area (Å²) in [6.45, 7) is 1.59. The number of hydrogen-bond donors (Lipinski definition) is 3. The Balaban J connectivity index is 1.68. The van der Waals surface area contributed by atoms with Gasteiger partial charge >= 0.3 is 6.16 Å². The Kier molecular flexibility index (Phi) is 6.16. The number of nitrogen functional groups attached to an aromatic ring is 1. The predicted octanol–water partition coefficient (Wildman–Crippen LogP) is 3.44. The van der Waals surface area contributed by atoms with Crippen LogP contribution in [-0.4, -0.2) is 31.3 Å². The van der Waals surface area contributed by atoms with Crippen molar-refractivity contribution in [1.29, 1.82) is 0 Å². The van der Waals surface area contributed by atoms with Gasteiger partial charge in [0.15, 0.2) is 0 Å². The van der Waals surface area contributed by atoms with E-state index in [1.165, 1.54) is 6.07 Å². The summed E-state index contributed by atoms with van der Waals surface area (Å²) in [4.78, 5) is 24.6. The number of rotatable bonds is 4. The quantitative estimate of drug-likeness (QED) is 0.420. The van der Waals surface area contributed by atoms with Gasteiger partial charge in [0.25, 0.3) is 5.91 Å². The third-order valence-corrected chi connectivity index (χ3v) is 4.47. The summed E-state index contributed by atoms with van der Waals surface area (Å²) >= 11 is 5.88. The molecule has 0 unspecified atom stereocenters. The van der Waals surface area contributed by atoms with Crippen molar-refractivity contribution in [1.82, 2.24) is 5.32 Å². The normalized spacial score (nSPS) is 14.4. The summed E-state index contributed by atoms with van der Waals surface area (Å²) in [6, 6.07) is 11.2. The lowest BCUT2D eigenvalue weighted by molar-refractivity contribution is 0.0447. The van der Waals surface area contributed by atoms with Crippen LogP contribution in [-0.2, 0) is 4.74 Å². The Morgan fingerprint density at radius 3 is 2.63 bits per heavy atom. The molecule has 2 aromatic carbocycles. The highest BCUT2D eigenvalue weighted by Gasteiger charge is 2.21. The van der Waals surface area contributed by atoms with Crippen LogP contribution >= 0.6 is 11.6 Å². The van der Waals surface area contributed by atoms with Gasteiger partial charge in [0.2, 0.25) is 0 Å². The Bertz CT molecular complexity index is 837. The highest BCUT2D eigenvalue weighted by Crippen LogP contribution is 2.25. The third-order valence-electron chi connectivity index (χ3n) is 4.13. The van der Waals surface area contributed by atoms with Crippen molar-refractivity contribution in [2.24, 2.45) is 0 Å². The zero-order valence-electron chi connectivity index (χ0n) is 14.5. The lowest BCUT2D eigenvalue weighted by Gasteiger charge is -2.22. The van der Waals surface area contributed by atoms with Gasteiger partial charge in [0.1, 0.15) is 11.9 Å². The molecule has 1 amide bonds. The van der Waals surface area contributed by atoms with Crippen LogP contribution in [0.2, 0.25) is 5.02 Å². The molecule has 27 heavy (non-hydrogen) atoms. The number of amides is 1. The highest BCUT2D eigenvalue weighted by molar-refractivity contribution is 6.33. The van der Waals surface area contributed by atoms with Crippen LogP contribution in [0.25, 0.3) is 0 Å². The van der Waals surface area contributed by atoms with Crippen LogP contribution in [0.1, 0.15) is 23.2 Å². The van der Waals surface area contributed by atoms with Crippen molar-refractivity contribution in [2.75, 3.05) is 24.1 Å². The monoisotopic (exact) mass is 389 g/mol. The molecular formula is C19H20ClN3O4. The smallest absolute Gasteiger partial charge is 0.431 e. The second-order valence-electron chi connectivity index (χ2n) is 6.11. The second kappa shape index (κ2) is 8.75. The van der Waals surface area contributed by atoms with E-state index in [0.29, 0.717) is 16.4 Å². The summed E-state index contributed by atoms with van der Waals surface area (Å²) in [5.74, 6) is -0.321. The van der Waals surface area contributed by atoms with Crippen LogP contribution < -0.4 is 21.1 Å². The minimum atomic E-state index is -0.821. The Labute approximate surface area is 161 Å². The van der Waals surface area contributed by atoms with Crippen LogP contribution in [0.4, 0.5) is 16.2 Å². The molecule has 0 aliphatic carbocycles. The molecule has 0 radical (unpaired) electrons. The maximum atomic E-state index is 12.6. The maximum absolute atomic E-state index is 12.6. The van der Waals surface area contributed by atoms with E-state index in [4.69, 9.17) is 26.8 Å². The first kappa shape index (κ1) is 19.0. The number of nitrogens with two attached hydrogens (primary N) is 1. The first-order chi connectivity index (χ1) is 13.0. The topological polar surface area (TPSA) is 103 Å². The van der Waals surface area contributed by atoms with E-state index < -0.39 is 12.1 Å². The molecule has 0 atom stereocenters. The fourth-order valence-corrected chi connectivity index (χ4v) is 2.84. The number of benzene rings is 2. The van der Waals surface area contributed by atoms with Gasteiger partial charge in [-0.3, -0.25) is 4.79 Å². The van der Waals surface area contributed by atoms with Crippen molar-refractivity contribution in [3.05, 3.63) is 53.1 Å². The lowest BCUT2D eigenvalue weighted by atomic mass is 10.1. The molecule has 1 heterocycles. The van der Waals surface area contributed by atoms with E-state index in [2.05, 4.69) is 10.6 Å². The Hall–Kier alpha value is -2.77. The van der Waals surface area contributed by atoms with Gasteiger partial charge < -0.3 is 25.8 Å². The number of carbonyl (C=O) groups excluding carboxylic acids is 2. The van der Waals surface area contributed by atoms with Gasteiger partial charge in [-0.1, -0.05) is 23.7 Å². The molecule has 1 aliphatic rings. The number of anilines is 2. The van der Waals surface area contributed by atoms with E-state index >= 15 is 0 Å². The molecular weight excluding hydrogens is 370 g/mol. The van der Waals surface area contributed by atoms with Gasteiger partial charge in [0, 0.05) is 5.69 Å². The fraction of sp³-hybridized carbons (Fsp3) is 0.263. The first-order valence-electron chi connectivity index (χ1n) is 8.57. The van der Waals surface area contributed by atoms with E-state index in [0.717, 1.165) is 25.9 Å². The minimum Gasteiger partial charge on any atom is -0.431 e. The second-order valence-corrected chi connectivity index (χ2v) is 6.51. The minimum absolute atomic E-state index is 0.121. The molecule has 0 bridgehead atoms. The third kappa shape index (κ3) is 5.12. The molecule has 142 valence electrons. The van der Waals surface area contributed by atoms with Gasteiger partial charge in [-0.05, 0) is 56.3 Å². The number of carbonyl (C=O) groups is 2. The number of piperidine rings is 1. The molecule has 0 aromatic heterocycles. The first-order valence-corrected chi connectivity index (χ1v) is 8.95. The average molecular weight is 390 g/mol. The van der Waals surface area contributed by atoms with Crippen molar-refractivity contribution in [3.63, 3.8) is 0 Å². The van der Waals surface area contributed by atoms with Crippen molar-refractivity contribution < 1.29 is 19.1 Å². The summed E-state index contributed by atoms with van der Waals surface area (Å²) in [6.07, 6.45) is 0.458. The summed E-state index contributed by atoms with van der Waals surface area (Å²) in [7, 11) is 0. The van der Waals surface area contributed by atoms with Gasteiger partial charge in [-0.15, -0.1) is 0 Å². The molecule has 8 heteroatoms. The molecule has 3 rings (SSSR count). The Morgan fingerprint density at radius 1 is 1.15 bits per heavy atom. The number of para-hydroxylation sites is 1. The number of nitrogens with one attached hydrogen (secondary N) is 2. The van der Waals surface area contributed by atoms with Crippen LogP contribution in [0.15, 0.2) is 42.5 Å². The van der Waals surface area contributed by atoms with E-state index in [1.807, 2.05) is 0 Å². The molecule has 7 nitrogen and oxygen atoms in total. The zero-order chi connectivity index (χ0) is 19.2. The summed E-state index contributed by atoms with van der Waals surface area (Å²) in [5, 5.41) is 6.29. The highest BCUT2D eigenvalue weighted by atomic mass is 35.5. The van der Waals surface area contributed by atoms with Crippen LogP contribution in [0.3, 0.4) is 0 Å². The van der Waals surface area contributed by atoms with Crippen molar-refractivity contribution in [3.8, 4) is 5.75 Å². The fourth-order valence-electron chi connectivity index (χ4n) is 2.73. The van der Waals surface area contributed by atoms with Gasteiger partial charge in [-0.25, -0.2) is 4.79 Å². The number of halogens is 1. The van der Waals surface area contributed by atoms with E-state index in [1.54, 1.807) is 36.4 Å². The molecule has 1 fully saturated rings. The molecule has 0 spiro atoms. The van der Waals surface area contributed by atoms with E-state index in [-0.39, 0.29) is 17.4 Å². The van der Waals surface area contributed by atoms with Crippen molar-refractivity contribution in [2.45, 2.75) is 18.9 Å². The molecule has 1 saturated heterocycles. The van der Waals surface area contributed by atoms with Crippen LogP contribution in [0.5, 0.6) is 5.75 Å². The molecule has 4 N–H and O–H groups in total. The van der Waals surface area contributed by atoms with E-state index in [9.17, 15) is 9.59 Å². The standard InChI is InChI=1S/C19H20ClN3O4/c20-15-6-5-12(11-16(15)21)23-18(24)14-3-1-2-4-17(14)27-19(25)26-13-7-9-22-10-8-13/h1-6,11,13,22H,7-10,21H2,(H,23,24). The van der Waals surface area contributed by atoms with Crippen LogP contribution in [0, 0.1) is 0 Å². The zero-order valence-corrected chi connectivity index (χ0v) is 15.3. The molecule has 2 aromatic rings. The van der Waals surface area contributed by atoms with Gasteiger partial charge in [0.05, 0.1) is 16.3 Å². The van der Waals surface area contributed by atoms with Gasteiger partial charge in [-0.2, -0.15) is 0 Å². The largest absolute Gasteiger partial charge is 0.514 e. The number of hydrogen-bond acceptors (Lipinski definition) is 6. The average Bonchev–Trinajstić information content (AvgIpc) is 2.66. The molecule has 0 saturated carbocycles. The molecule has 1 aliphatic heterocycles. The SMILES string of the molecule is Nc1cc(NC(=O)c2ccccc2OC(=O)OC2CCNCC2)ccc1Cl. The summed E-state index contributed by atoms with van der Waals surface area (Å²) < 4.78 is 10.6. The lowest BCUT2D eigenvalue weighted by Crippen LogP contribution is -2.34. The summed E-state index contributed by atoms with van der Waals surface area (Å²) in [5.41, 5.74) is 6.78. The predicted molar refractivity (Wildman–Crippen MR) is 103 cm³/mol.